The number of amides is 2. The lowest BCUT2D eigenvalue weighted by molar-refractivity contribution is -0.141. The predicted molar refractivity (Wildman–Crippen MR) is 112 cm³/mol. The highest BCUT2D eigenvalue weighted by molar-refractivity contribution is 5.85. The molecule has 3 aliphatic rings. The molecule has 3 fully saturated rings. The normalized spacial score (nSPS) is 25.1. The molecule has 6 heteroatoms. The van der Waals surface area contributed by atoms with Crippen molar-refractivity contribution in [3.05, 3.63) is 35.9 Å². The Morgan fingerprint density at radius 3 is 2.32 bits per heavy atom. The van der Waals surface area contributed by atoms with E-state index in [4.69, 9.17) is 0 Å². The lowest BCUT2D eigenvalue weighted by atomic mass is 9.94. The van der Waals surface area contributed by atoms with Crippen molar-refractivity contribution in [2.24, 2.45) is 5.92 Å². The summed E-state index contributed by atoms with van der Waals surface area (Å²) in [6.07, 6.45) is 6.52. The van der Waals surface area contributed by atoms with Crippen LogP contribution in [0.5, 0.6) is 0 Å². The van der Waals surface area contributed by atoms with Crippen LogP contribution in [0.3, 0.4) is 0 Å². The summed E-state index contributed by atoms with van der Waals surface area (Å²) in [7, 11) is 0. The molecule has 0 radical (unpaired) electrons. The maximum Gasteiger partial charge on any atom is 0.225 e. The second kappa shape index (κ2) is 9.75. The molecule has 1 aromatic carbocycles. The number of piperidine rings is 1. The van der Waals surface area contributed by atoms with Gasteiger partial charge in [-0.3, -0.25) is 9.59 Å². The Balaban J connectivity index is 0.00000225. The lowest BCUT2D eigenvalue weighted by Gasteiger charge is -2.35. The molecule has 0 saturated carbocycles. The Morgan fingerprint density at radius 1 is 0.893 bits per heavy atom. The third-order valence-corrected chi connectivity index (χ3v) is 6.50. The zero-order valence-electron chi connectivity index (χ0n) is 16.5. The van der Waals surface area contributed by atoms with E-state index < -0.39 is 0 Å². The van der Waals surface area contributed by atoms with E-state index in [9.17, 15) is 9.59 Å². The Morgan fingerprint density at radius 2 is 1.57 bits per heavy atom. The van der Waals surface area contributed by atoms with Gasteiger partial charge in [-0.25, -0.2) is 0 Å². The summed E-state index contributed by atoms with van der Waals surface area (Å²) in [6, 6.07) is 11.3. The summed E-state index contributed by atoms with van der Waals surface area (Å²) in [4.78, 5) is 29.5. The van der Waals surface area contributed by atoms with E-state index in [-0.39, 0.29) is 24.2 Å². The van der Waals surface area contributed by atoms with Crippen molar-refractivity contribution < 1.29 is 9.59 Å². The van der Waals surface area contributed by atoms with Gasteiger partial charge in [0.05, 0.1) is 0 Å². The van der Waals surface area contributed by atoms with E-state index in [0.29, 0.717) is 24.4 Å². The van der Waals surface area contributed by atoms with Crippen molar-refractivity contribution >= 4 is 24.2 Å². The maximum atomic E-state index is 13.0. The third kappa shape index (κ3) is 5.06. The van der Waals surface area contributed by atoms with E-state index in [1.807, 2.05) is 23.1 Å². The largest absolute Gasteiger partial charge is 0.343 e. The number of hydrogen-bond acceptors (Lipinski definition) is 3. The van der Waals surface area contributed by atoms with Crippen LogP contribution in [0.2, 0.25) is 0 Å². The quantitative estimate of drug-likeness (QED) is 0.837. The molecule has 3 aliphatic heterocycles. The molecule has 0 aliphatic carbocycles. The fourth-order valence-electron chi connectivity index (χ4n) is 4.83. The second-order valence-corrected chi connectivity index (χ2v) is 8.35. The molecular weight excluding hydrogens is 374 g/mol. The fourth-order valence-corrected chi connectivity index (χ4v) is 4.83. The maximum absolute atomic E-state index is 13.0. The number of aryl methyl sites for hydroxylation is 1. The Bertz CT molecular complexity index is 661. The van der Waals surface area contributed by atoms with Crippen molar-refractivity contribution in [3.63, 3.8) is 0 Å². The zero-order valence-corrected chi connectivity index (χ0v) is 17.3. The van der Waals surface area contributed by atoms with Crippen LogP contribution in [0.25, 0.3) is 0 Å². The minimum Gasteiger partial charge on any atom is -0.343 e. The van der Waals surface area contributed by atoms with E-state index in [1.165, 1.54) is 18.4 Å². The molecule has 154 valence electrons. The van der Waals surface area contributed by atoms with Gasteiger partial charge < -0.3 is 15.1 Å². The second-order valence-electron chi connectivity index (χ2n) is 8.35. The number of rotatable bonds is 4. The van der Waals surface area contributed by atoms with Gasteiger partial charge >= 0.3 is 0 Å². The molecule has 4 rings (SSSR count). The topological polar surface area (TPSA) is 52.7 Å². The van der Waals surface area contributed by atoms with Gasteiger partial charge in [0.1, 0.15) is 0 Å². The molecule has 2 bridgehead atoms. The number of likely N-dealkylation sites (tertiary alicyclic amines) is 2. The summed E-state index contributed by atoms with van der Waals surface area (Å²) < 4.78 is 0. The van der Waals surface area contributed by atoms with Gasteiger partial charge in [-0.1, -0.05) is 30.3 Å². The van der Waals surface area contributed by atoms with Crippen LogP contribution >= 0.6 is 12.4 Å². The van der Waals surface area contributed by atoms with Crippen LogP contribution in [0.4, 0.5) is 0 Å². The molecule has 28 heavy (non-hydrogen) atoms. The third-order valence-electron chi connectivity index (χ3n) is 6.50. The first-order valence-corrected chi connectivity index (χ1v) is 10.6. The minimum atomic E-state index is 0. The number of nitrogens with zero attached hydrogens (tertiary/aromatic N) is 2. The van der Waals surface area contributed by atoms with Crippen molar-refractivity contribution in [1.29, 1.82) is 0 Å². The summed E-state index contributed by atoms with van der Waals surface area (Å²) >= 11 is 0. The van der Waals surface area contributed by atoms with Gasteiger partial charge in [-0.15, -0.1) is 12.4 Å². The van der Waals surface area contributed by atoms with E-state index in [2.05, 4.69) is 22.3 Å². The molecule has 0 spiro atoms. The van der Waals surface area contributed by atoms with Gasteiger partial charge in [-0.2, -0.15) is 0 Å². The summed E-state index contributed by atoms with van der Waals surface area (Å²) in [5.41, 5.74) is 1.21. The zero-order chi connectivity index (χ0) is 18.6. The highest BCUT2D eigenvalue weighted by Crippen LogP contribution is 2.25. The molecule has 5 nitrogen and oxygen atoms in total. The predicted octanol–water partition coefficient (Wildman–Crippen LogP) is 2.63. The van der Waals surface area contributed by atoms with Gasteiger partial charge in [0, 0.05) is 50.6 Å². The number of benzene rings is 1. The number of carbonyl (C=O) groups is 2. The molecule has 0 aromatic heterocycles. The molecule has 2 unspecified atom stereocenters. The van der Waals surface area contributed by atoms with Gasteiger partial charge in [-0.05, 0) is 44.1 Å². The Labute approximate surface area is 174 Å². The van der Waals surface area contributed by atoms with Crippen molar-refractivity contribution in [3.8, 4) is 0 Å². The smallest absolute Gasteiger partial charge is 0.225 e. The number of halogens is 1. The van der Waals surface area contributed by atoms with Crippen LogP contribution in [0.15, 0.2) is 30.3 Å². The van der Waals surface area contributed by atoms with E-state index in [1.54, 1.807) is 0 Å². The lowest BCUT2D eigenvalue weighted by Crippen LogP contribution is -2.46. The monoisotopic (exact) mass is 405 g/mol. The van der Waals surface area contributed by atoms with Crippen LogP contribution in [0, 0.1) is 5.92 Å². The fraction of sp³-hybridized carbons (Fsp3) is 0.636. The number of carbonyl (C=O) groups excluding carboxylic acids is 2. The minimum absolute atomic E-state index is 0. The van der Waals surface area contributed by atoms with Crippen LogP contribution < -0.4 is 5.32 Å². The molecular formula is C22H32ClN3O2. The van der Waals surface area contributed by atoms with Gasteiger partial charge in [0.2, 0.25) is 11.8 Å². The molecule has 2 amide bonds. The van der Waals surface area contributed by atoms with Crippen LogP contribution in [0.1, 0.15) is 44.1 Å². The van der Waals surface area contributed by atoms with E-state index in [0.717, 1.165) is 51.9 Å². The number of nitrogens with one attached hydrogen (secondary N) is 1. The SMILES string of the molecule is Cl.O=C(CCc1ccccc1)N1CCC(C(=O)N2CCC3CCC(C2)N3)CC1. The Kier molecular flexibility index (Phi) is 7.36. The summed E-state index contributed by atoms with van der Waals surface area (Å²) in [6.45, 7) is 3.21. The van der Waals surface area contributed by atoms with Gasteiger partial charge in [0.25, 0.3) is 0 Å². The molecule has 3 heterocycles. The first-order valence-electron chi connectivity index (χ1n) is 10.6. The number of hydrogen-bond donors (Lipinski definition) is 1. The molecule has 3 saturated heterocycles. The van der Waals surface area contributed by atoms with Crippen molar-refractivity contribution in [1.82, 2.24) is 15.1 Å². The Hall–Kier alpha value is -1.59. The number of fused-ring (bicyclic) bond motifs is 2. The standard InChI is InChI=1S/C22H31N3O2.ClH/c26-21(9-6-17-4-2-1-3-5-17)24-13-10-18(11-14-24)22(27)25-15-12-19-7-8-20(16-25)23-19;/h1-5,18-20,23H,6-16H2;1H. The summed E-state index contributed by atoms with van der Waals surface area (Å²) in [5.74, 6) is 0.640. The highest BCUT2D eigenvalue weighted by Gasteiger charge is 2.35. The first kappa shape index (κ1) is 21.1. The molecule has 1 N–H and O–H groups in total. The van der Waals surface area contributed by atoms with E-state index >= 15 is 0 Å². The van der Waals surface area contributed by atoms with Crippen molar-refractivity contribution in [2.75, 3.05) is 26.2 Å². The van der Waals surface area contributed by atoms with Crippen molar-refractivity contribution in [2.45, 2.75) is 57.0 Å². The van der Waals surface area contributed by atoms with Gasteiger partial charge in [0.15, 0.2) is 0 Å². The first-order chi connectivity index (χ1) is 13.2. The van der Waals surface area contributed by atoms with Crippen LogP contribution in [-0.2, 0) is 16.0 Å². The highest BCUT2D eigenvalue weighted by atomic mass is 35.5. The van der Waals surface area contributed by atoms with Crippen LogP contribution in [-0.4, -0.2) is 59.9 Å². The molecule has 1 aromatic rings. The average Bonchev–Trinajstić information content (AvgIpc) is 3.05. The molecule has 2 atom stereocenters. The summed E-state index contributed by atoms with van der Waals surface area (Å²) in [5, 5.41) is 3.64. The average molecular weight is 406 g/mol.